The van der Waals surface area contributed by atoms with Crippen molar-refractivity contribution in [1.82, 2.24) is 5.32 Å². The van der Waals surface area contributed by atoms with Crippen LogP contribution < -0.4 is 15.4 Å². The summed E-state index contributed by atoms with van der Waals surface area (Å²) in [5.41, 5.74) is 3.14. The summed E-state index contributed by atoms with van der Waals surface area (Å²) in [6.45, 7) is -0.135. The Labute approximate surface area is 176 Å². The quantitative estimate of drug-likeness (QED) is 0.596. The van der Waals surface area contributed by atoms with Crippen LogP contribution in [0.4, 0.5) is 5.69 Å². The first kappa shape index (κ1) is 19.7. The predicted octanol–water partition coefficient (Wildman–Crippen LogP) is 4.19. The van der Waals surface area contributed by atoms with E-state index in [2.05, 4.69) is 22.8 Å². The first-order valence-electron chi connectivity index (χ1n) is 10.1. The fourth-order valence-electron chi connectivity index (χ4n) is 3.22. The van der Waals surface area contributed by atoms with E-state index in [1.54, 1.807) is 24.3 Å². The zero-order valence-corrected chi connectivity index (χ0v) is 16.6. The maximum absolute atomic E-state index is 12.5. The number of rotatable bonds is 8. The molecule has 0 radical (unpaired) electrons. The second kappa shape index (κ2) is 9.27. The molecular weight excluding hydrogens is 376 g/mol. The van der Waals surface area contributed by atoms with Crippen LogP contribution in [0.25, 0.3) is 0 Å². The summed E-state index contributed by atoms with van der Waals surface area (Å²) < 4.78 is 5.81. The molecule has 5 heteroatoms. The molecule has 3 aromatic rings. The Morgan fingerprint density at radius 1 is 0.867 bits per heavy atom. The van der Waals surface area contributed by atoms with Crippen LogP contribution in [-0.2, 0) is 11.2 Å². The van der Waals surface area contributed by atoms with E-state index in [0.717, 1.165) is 24.8 Å². The molecular formula is C25H24N2O3. The van der Waals surface area contributed by atoms with Crippen LogP contribution in [0.15, 0.2) is 78.9 Å². The van der Waals surface area contributed by atoms with Gasteiger partial charge in [0.25, 0.3) is 11.8 Å². The first-order valence-corrected chi connectivity index (χ1v) is 10.1. The van der Waals surface area contributed by atoms with Crippen molar-refractivity contribution in [3.63, 3.8) is 0 Å². The molecule has 1 fully saturated rings. The number of para-hydroxylation sites is 2. The zero-order chi connectivity index (χ0) is 20.8. The predicted molar refractivity (Wildman–Crippen MR) is 117 cm³/mol. The number of amides is 2. The van der Waals surface area contributed by atoms with Crippen molar-refractivity contribution >= 4 is 17.5 Å². The SMILES string of the molecule is O=C(COc1ccccc1Cc1ccccc1)Nc1ccccc1C(=O)NC1CC1. The number of ether oxygens (including phenoxy) is 1. The smallest absolute Gasteiger partial charge is 0.262 e. The molecule has 0 bridgehead atoms. The van der Waals surface area contributed by atoms with Crippen LogP contribution in [0.3, 0.4) is 0 Å². The number of nitrogens with one attached hydrogen (secondary N) is 2. The molecule has 0 heterocycles. The van der Waals surface area contributed by atoms with Crippen LogP contribution in [-0.4, -0.2) is 24.5 Å². The second-order valence-electron chi connectivity index (χ2n) is 7.40. The van der Waals surface area contributed by atoms with Gasteiger partial charge in [-0.25, -0.2) is 0 Å². The van der Waals surface area contributed by atoms with Crippen LogP contribution in [0.5, 0.6) is 5.75 Å². The van der Waals surface area contributed by atoms with Gasteiger partial charge in [-0.15, -0.1) is 0 Å². The molecule has 4 rings (SSSR count). The largest absolute Gasteiger partial charge is 0.483 e. The minimum absolute atomic E-state index is 0.135. The Hall–Kier alpha value is -3.60. The molecule has 152 valence electrons. The van der Waals surface area contributed by atoms with E-state index in [1.165, 1.54) is 5.56 Å². The van der Waals surface area contributed by atoms with Crippen molar-refractivity contribution in [2.24, 2.45) is 0 Å². The molecule has 0 saturated heterocycles. The molecule has 1 saturated carbocycles. The summed E-state index contributed by atoms with van der Waals surface area (Å²) in [5.74, 6) is 0.204. The van der Waals surface area contributed by atoms with Gasteiger partial charge in [-0.3, -0.25) is 9.59 Å². The summed E-state index contributed by atoms with van der Waals surface area (Å²) in [6, 6.07) is 25.1. The minimum atomic E-state index is -0.309. The molecule has 0 atom stereocenters. The third-order valence-corrected chi connectivity index (χ3v) is 4.93. The summed E-state index contributed by atoms with van der Waals surface area (Å²) in [6.07, 6.45) is 2.75. The van der Waals surface area contributed by atoms with Gasteiger partial charge in [-0.2, -0.15) is 0 Å². The Bertz CT molecular complexity index is 1030. The average molecular weight is 400 g/mol. The molecule has 1 aliphatic carbocycles. The van der Waals surface area contributed by atoms with Crippen LogP contribution in [0.2, 0.25) is 0 Å². The lowest BCUT2D eigenvalue weighted by atomic mass is 10.0. The Kier molecular flexibility index (Phi) is 6.09. The number of hydrogen-bond donors (Lipinski definition) is 2. The Balaban J connectivity index is 1.38. The maximum Gasteiger partial charge on any atom is 0.262 e. The molecule has 2 amide bonds. The summed E-state index contributed by atoms with van der Waals surface area (Å²) in [5, 5.41) is 5.75. The van der Waals surface area contributed by atoms with Gasteiger partial charge in [-0.1, -0.05) is 60.7 Å². The van der Waals surface area contributed by atoms with E-state index < -0.39 is 0 Å². The van der Waals surface area contributed by atoms with Crippen molar-refractivity contribution in [1.29, 1.82) is 0 Å². The second-order valence-corrected chi connectivity index (χ2v) is 7.40. The average Bonchev–Trinajstić information content (AvgIpc) is 3.58. The van der Waals surface area contributed by atoms with E-state index in [1.807, 2.05) is 42.5 Å². The normalized spacial score (nSPS) is 12.8. The maximum atomic E-state index is 12.5. The van der Waals surface area contributed by atoms with Gasteiger partial charge in [-0.05, 0) is 42.2 Å². The topological polar surface area (TPSA) is 67.4 Å². The van der Waals surface area contributed by atoms with Crippen molar-refractivity contribution in [3.8, 4) is 5.75 Å². The van der Waals surface area contributed by atoms with Gasteiger partial charge in [0.2, 0.25) is 0 Å². The van der Waals surface area contributed by atoms with Crippen LogP contribution in [0, 0.1) is 0 Å². The van der Waals surface area contributed by atoms with Crippen LogP contribution >= 0.6 is 0 Å². The lowest BCUT2D eigenvalue weighted by Gasteiger charge is -2.13. The van der Waals surface area contributed by atoms with Crippen molar-refractivity contribution in [3.05, 3.63) is 95.6 Å². The monoisotopic (exact) mass is 400 g/mol. The fourth-order valence-corrected chi connectivity index (χ4v) is 3.22. The molecule has 1 aliphatic rings. The highest BCUT2D eigenvalue weighted by Crippen LogP contribution is 2.23. The van der Waals surface area contributed by atoms with Gasteiger partial charge in [0.1, 0.15) is 5.75 Å². The molecule has 0 unspecified atom stereocenters. The number of benzene rings is 3. The number of carbonyl (C=O) groups excluding carboxylic acids is 2. The van der Waals surface area contributed by atoms with Gasteiger partial charge in [0.05, 0.1) is 11.3 Å². The zero-order valence-electron chi connectivity index (χ0n) is 16.6. The van der Waals surface area contributed by atoms with E-state index in [4.69, 9.17) is 4.74 Å². The molecule has 0 spiro atoms. The first-order chi connectivity index (χ1) is 14.7. The van der Waals surface area contributed by atoms with Gasteiger partial charge < -0.3 is 15.4 Å². The Morgan fingerprint density at radius 3 is 2.37 bits per heavy atom. The number of hydrogen-bond acceptors (Lipinski definition) is 3. The Morgan fingerprint density at radius 2 is 1.57 bits per heavy atom. The van der Waals surface area contributed by atoms with Crippen molar-refractivity contribution in [2.75, 3.05) is 11.9 Å². The van der Waals surface area contributed by atoms with Gasteiger partial charge in [0.15, 0.2) is 6.61 Å². The third kappa shape index (κ3) is 5.26. The molecule has 30 heavy (non-hydrogen) atoms. The van der Waals surface area contributed by atoms with Gasteiger partial charge in [0, 0.05) is 12.5 Å². The van der Waals surface area contributed by atoms with Crippen LogP contribution in [0.1, 0.15) is 34.3 Å². The number of carbonyl (C=O) groups is 2. The highest BCUT2D eigenvalue weighted by Gasteiger charge is 2.25. The summed E-state index contributed by atoms with van der Waals surface area (Å²) in [7, 11) is 0. The van der Waals surface area contributed by atoms with Gasteiger partial charge >= 0.3 is 0 Å². The van der Waals surface area contributed by atoms with E-state index in [9.17, 15) is 9.59 Å². The lowest BCUT2D eigenvalue weighted by molar-refractivity contribution is -0.118. The molecule has 5 nitrogen and oxygen atoms in total. The number of anilines is 1. The molecule has 0 aromatic heterocycles. The van der Waals surface area contributed by atoms with E-state index in [-0.39, 0.29) is 24.5 Å². The molecule has 2 N–H and O–H groups in total. The summed E-state index contributed by atoms with van der Waals surface area (Å²) in [4.78, 5) is 24.9. The standard InChI is InChI=1S/C25H24N2O3/c28-24(27-22-12-6-5-11-21(22)25(29)26-20-14-15-20)17-30-23-13-7-4-10-19(23)16-18-8-2-1-3-9-18/h1-13,20H,14-17H2,(H,26,29)(H,27,28). The molecule has 0 aliphatic heterocycles. The lowest BCUT2D eigenvalue weighted by Crippen LogP contribution is -2.28. The van der Waals surface area contributed by atoms with E-state index in [0.29, 0.717) is 17.0 Å². The fraction of sp³-hybridized carbons (Fsp3) is 0.200. The van der Waals surface area contributed by atoms with E-state index >= 15 is 0 Å². The highest BCUT2D eigenvalue weighted by atomic mass is 16.5. The molecule has 3 aromatic carbocycles. The highest BCUT2D eigenvalue weighted by molar-refractivity contribution is 6.04. The summed E-state index contributed by atoms with van der Waals surface area (Å²) >= 11 is 0. The third-order valence-electron chi connectivity index (χ3n) is 4.93. The van der Waals surface area contributed by atoms with Crippen molar-refractivity contribution in [2.45, 2.75) is 25.3 Å². The minimum Gasteiger partial charge on any atom is -0.483 e. The van der Waals surface area contributed by atoms with Crippen molar-refractivity contribution < 1.29 is 14.3 Å².